The zero-order valence-corrected chi connectivity index (χ0v) is 16.8. The van der Waals surface area contributed by atoms with Crippen molar-refractivity contribution in [1.29, 1.82) is 0 Å². The first-order chi connectivity index (χ1) is 14.3. The molecular formula is C23H26N6. The third kappa shape index (κ3) is 4.26. The lowest BCUT2D eigenvalue weighted by molar-refractivity contribution is 0.631. The molecule has 1 unspecified atom stereocenters. The molecule has 0 saturated heterocycles. The highest BCUT2D eigenvalue weighted by molar-refractivity contribution is 5.79. The Kier molecular flexibility index (Phi) is 5.79. The molecule has 0 saturated carbocycles. The van der Waals surface area contributed by atoms with Crippen LogP contribution < -0.4 is 5.32 Å². The minimum absolute atomic E-state index is 0.515. The molecular weight excluding hydrogens is 360 g/mol. The van der Waals surface area contributed by atoms with Crippen LogP contribution in [0.25, 0.3) is 22.4 Å². The van der Waals surface area contributed by atoms with E-state index in [4.69, 9.17) is 4.98 Å². The number of anilines is 1. The Labute approximate surface area is 171 Å². The Morgan fingerprint density at radius 2 is 2.17 bits per heavy atom. The highest BCUT2D eigenvalue weighted by Crippen LogP contribution is 2.26. The number of para-hydroxylation sites is 2. The monoisotopic (exact) mass is 386 g/mol. The second-order valence-electron chi connectivity index (χ2n) is 7.27. The predicted octanol–water partition coefficient (Wildman–Crippen LogP) is 5.04. The standard InChI is InChI=1S/C23H26N6/c1-3-6-17(2)19-15-26-23(25-14-11-18-9-12-24-13-10-18)28-22(19)29-16-27-20-7-4-5-8-21(20)29/h4-5,7-9,12-13,15-16,18H,2-3,6,10-11,14H2,1H3,(H,25,26,28). The highest BCUT2D eigenvalue weighted by Gasteiger charge is 2.15. The number of aromatic nitrogens is 4. The maximum absolute atomic E-state index is 4.85. The maximum Gasteiger partial charge on any atom is 0.224 e. The van der Waals surface area contributed by atoms with E-state index in [2.05, 4.69) is 45.9 Å². The summed E-state index contributed by atoms with van der Waals surface area (Å²) < 4.78 is 2.03. The SMILES string of the molecule is C=C(CCC)c1cnc(NCCC2C=CN=CC2)nc1-n1cnc2ccccc21. The molecule has 2 aromatic heterocycles. The minimum atomic E-state index is 0.515. The summed E-state index contributed by atoms with van der Waals surface area (Å²) >= 11 is 0. The number of rotatable bonds is 8. The van der Waals surface area contributed by atoms with E-state index in [1.165, 1.54) is 0 Å². The molecule has 1 aliphatic rings. The van der Waals surface area contributed by atoms with Crippen molar-refractivity contribution < 1.29 is 0 Å². The van der Waals surface area contributed by atoms with Crippen LogP contribution in [0.2, 0.25) is 0 Å². The largest absolute Gasteiger partial charge is 0.354 e. The first-order valence-corrected chi connectivity index (χ1v) is 10.2. The fourth-order valence-electron chi connectivity index (χ4n) is 3.55. The van der Waals surface area contributed by atoms with Gasteiger partial charge in [0.1, 0.15) is 6.33 Å². The number of hydrogen-bond donors (Lipinski definition) is 1. The van der Waals surface area contributed by atoms with E-state index < -0.39 is 0 Å². The number of allylic oxidation sites excluding steroid dienone is 2. The van der Waals surface area contributed by atoms with E-state index >= 15 is 0 Å². The van der Waals surface area contributed by atoms with Crippen molar-refractivity contribution in [2.75, 3.05) is 11.9 Å². The molecule has 148 valence electrons. The van der Waals surface area contributed by atoms with Gasteiger partial charge in [-0.25, -0.2) is 9.97 Å². The average molecular weight is 387 g/mol. The normalized spacial score (nSPS) is 15.7. The Hall–Kier alpha value is -3.28. The molecule has 3 heterocycles. The Morgan fingerprint density at radius 1 is 1.28 bits per heavy atom. The smallest absolute Gasteiger partial charge is 0.224 e. The van der Waals surface area contributed by atoms with Crippen LogP contribution in [0, 0.1) is 5.92 Å². The number of fused-ring (bicyclic) bond motifs is 1. The minimum Gasteiger partial charge on any atom is -0.354 e. The second kappa shape index (κ2) is 8.82. The molecule has 1 N–H and O–H groups in total. The van der Waals surface area contributed by atoms with E-state index in [1.54, 1.807) is 0 Å². The summed E-state index contributed by atoms with van der Waals surface area (Å²) in [6.45, 7) is 7.22. The van der Waals surface area contributed by atoms with Crippen LogP contribution in [0.4, 0.5) is 5.95 Å². The van der Waals surface area contributed by atoms with Crippen LogP contribution >= 0.6 is 0 Å². The Bertz CT molecular complexity index is 1060. The Balaban J connectivity index is 1.61. The molecule has 0 radical (unpaired) electrons. The van der Waals surface area contributed by atoms with Crippen LogP contribution in [0.1, 0.15) is 38.2 Å². The van der Waals surface area contributed by atoms with Gasteiger partial charge in [0, 0.05) is 30.7 Å². The molecule has 0 spiro atoms. The first-order valence-electron chi connectivity index (χ1n) is 10.2. The van der Waals surface area contributed by atoms with Crippen molar-refractivity contribution in [3.63, 3.8) is 0 Å². The third-order valence-electron chi connectivity index (χ3n) is 5.14. The van der Waals surface area contributed by atoms with Crippen LogP contribution in [0.15, 0.2) is 60.6 Å². The average Bonchev–Trinajstić information content (AvgIpc) is 3.19. The number of aliphatic imine (C=N–C) groups is 1. The highest BCUT2D eigenvalue weighted by atomic mass is 15.2. The zero-order valence-electron chi connectivity index (χ0n) is 16.8. The molecule has 3 aromatic rings. The summed E-state index contributed by atoms with van der Waals surface area (Å²) in [6.07, 6.45) is 13.6. The number of nitrogens with zero attached hydrogens (tertiary/aromatic N) is 5. The number of imidazole rings is 1. The van der Waals surface area contributed by atoms with Gasteiger partial charge in [-0.05, 0) is 42.9 Å². The van der Waals surface area contributed by atoms with Gasteiger partial charge in [-0.15, -0.1) is 0 Å². The van der Waals surface area contributed by atoms with Crippen molar-refractivity contribution in [2.24, 2.45) is 10.9 Å². The lowest BCUT2D eigenvalue weighted by atomic mass is 10.0. The number of hydrogen-bond acceptors (Lipinski definition) is 5. The molecule has 4 rings (SSSR count). The Morgan fingerprint density at radius 3 is 3.00 bits per heavy atom. The quantitative estimate of drug-likeness (QED) is 0.589. The van der Waals surface area contributed by atoms with Gasteiger partial charge in [-0.3, -0.25) is 9.56 Å². The van der Waals surface area contributed by atoms with Gasteiger partial charge in [0.2, 0.25) is 5.95 Å². The van der Waals surface area contributed by atoms with Crippen molar-refractivity contribution in [3.8, 4) is 5.82 Å². The second-order valence-corrected chi connectivity index (χ2v) is 7.27. The van der Waals surface area contributed by atoms with E-state index in [1.807, 2.05) is 47.7 Å². The van der Waals surface area contributed by atoms with Gasteiger partial charge >= 0.3 is 0 Å². The van der Waals surface area contributed by atoms with Crippen molar-refractivity contribution in [2.45, 2.75) is 32.6 Å². The van der Waals surface area contributed by atoms with Crippen molar-refractivity contribution in [1.82, 2.24) is 19.5 Å². The molecule has 1 atom stereocenters. The molecule has 29 heavy (non-hydrogen) atoms. The van der Waals surface area contributed by atoms with E-state index in [-0.39, 0.29) is 0 Å². The van der Waals surface area contributed by atoms with Crippen LogP contribution in [0.3, 0.4) is 0 Å². The maximum atomic E-state index is 4.85. The molecule has 0 aliphatic carbocycles. The van der Waals surface area contributed by atoms with E-state index in [0.29, 0.717) is 11.9 Å². The van der Waals surface area contributed by atoms with Crippen LogP contribution in [-0.4, -0.2) is 32.3 Å². The van der Waals surface area contributed by atoms with Gasteiger partial charge in [0.05, 0.1) is 11.0 Å². The summed E-state index contributed by atoms with van der Waals surface area (Å²) in [5.74, 6) is 1.96. The number of nitrogens with one attached hydrogen (secondary N) is 1. The first kappa shape index (κ1) is 19.1. The molecule has 6 nitrogen and oxygen atoms in total. The fourth-order valence-corrected chi connectivity index (χ4v) is 3.55. The van der Waals surface area contributed by atoms with Gasteiger partial charge in [-0.1, -0.05) is 38.1 Å². The third-order valence-corrected chi connectivity index (χ3v) is 5.14. The van der Waals surface area contributed by atoms with Crippen molar-refractivity contribution in [3.05, 3.63) is 61.2 Å². The molecule has 1 aliphatic heterocycles. The summed E-state index contributed by atoms with van der Waals surface area (Å²) in [5.41, 5.74) is 3.97. The summed E-state index contributed by atoms with van der Waals surface area (Å²) in [5, 5.41) is 3.38. The van der Waals surface area contributed by atoms with Gasteiger partial charge < -0.3 is 5.32 Å². The van der Waals surface area contributed by atoms with E-state index in [0.717, 1.165) is 60.2 Å². The van der Waals surface area contributed by atoms with Gasteiger partial charge in [0.15, 0.2) is 5.82 Å². The number of benzene rings is 1. The summed E-state index contributed by atoms with van der Waals surface area (Å²) in [7, 11) is 0. The zero-order chi connectivity index (χ0) is 20.1. The molecule has 1 aromatic carbocycles. The lowest BCUT2D eigenvalue weighted by Crippen LogP contribution is -2.13. The summed E-state index contributed by atoms with van der Waals surface area (Å²) in [4.78, 5) is 18.1. The molecule has 6 heteroatoms. The molecule has 0 amide bonds. The summed E-state index contributed by atoms with van der Waals surface area (Å²) in [6, 6.07) is 8.07. The molecule has 0 bridgehead atoms. The van der Waals surface area contributed by atoms with Gasteiger partial charge in [0.25, 0.3) is 0 Å². The van der Waals surface area contributed by atoms with E-state index in [9.17, 15) is 0 Å². The fraction of sp³-hybridized carbons (Fsp3) is 0.304. The van der Waals surface area contributed by atoms with Crippen molar-refractivity contribution >= 4 is 28.8 Å². The van der Waals surface area contributed by atoms with Crippen LogP contribution in [0.5, 0.6) is 0 Å². The topological polar surface area (TPSA) is 68.0 Å². The molecule has 0 fully saturated rings. The van der Waals surface area contributed by atoms with Gasteiger partial charge in [-0.2, -0.15) is 4.98 Å². The van der Waals surface area contributed by atoms with Crippen LogP contribution in [-0.2, 0) is 0 Å². The predicted molar refractivity (Wildman–Crippen MR) is 119 cm³/mol. The lowest BCUT2D eigenvalue weighted by Gasteiger charge is -2.15.